The molecule has 1 saturated carbocycles. The lowest BCUT2D eigenvalue weighted by Gasteiger charge is -2.45. The Labute approximate surface area is 233 Å². The minimum Gasteiger partial charge on any atom is -0.493 e. The van der Waals surface area contributed by atoms with Gasteiger partial charge in [0.2, 0.25) is 0 Å². The quantitative estimate of drug-likeness (QED) is 0.358. The van der Waals surface area contributed by atoms with E-state index in [2.05, 4.69) is 56.9 Å². The number of anilines is 1. The zero-order chi connectivity index (χ0) is 26.7. The molecule has 2 fully saturated rings. The van der Waals surface area contributed by atoms with Crippen LogP contribution in [0, 0.1) is 0 Å². The van der Waals surface area contributed by atoms with Crippen LogP contribution in [0.5, 0.6) is 11.5 Å². The van der Waals surface area contributed by atoms with Crippen molar-refractivity contribution in [1.29, 1.82) is 0 Å². The van der Waals surface area contributed by atoms with Crippen LogP contribution in [0.25, 0.3) is 0 Å². The molecule has 3 aromatic rings. The molecule has 2 heterocycles. The number of aromatic nitrogens is 1. The largest absolute Gasteiger partial charge is 0.493 e. The summed E-state index contributed by atoms with van der Waals surface area (Å²) in [5, 5.41) is 6.58. The highest BCUT2D eigenvalue weighted by atomic mass is 35.5. The molecule has 0 spiro atoms. The number of ether oxygens (including phenoxy) is 2. The van der Waals surface area contributed by atoms with Gasteiger partial charge in [-0.2, -0.15) is 0 Å². The number of likely N-dealkylation sites (tertiary alicyclic amines) is 1. The standard InChI is InChI=1S/C29H32Cl2N4O3/c1-37-24-9-8-20(14-25(24)38-2)29-11-10-21(33-28(36)34-27-22(30)16-32-17-23(27)31)15-26(29)35(13-12-29)18-19-6-4-3-5-7-19/h3-9,14,16-17,21,26H,10-13,15,18H2,1-2H3,(H2,32,33,34,36)/t21-,26+,29+/m1/s1. The van der Waals surface area contributed by atoms with E-state index >= 15 is 0 Å². The third-order valence-corrected chi connectivity index (χ3v) is 8.56. The zero-order valence-electron chi connectivity index (χ0n) is 21.5. The van der Waals surface area contributed by atoms with Crippen LogP contribution >= 0.6 is 23.2 Å². The Morgan fingerprint density at radius 1 is 1.05 bits per heavy atom. The van der Waals surface area contributed by atoms with Gasteiger partial charge in [-0.15, -0.1) is 0 Å². The fourth-order valence-corrected chi connectivity index (χ4v) is 6.59. The lowest BCUT2D eigenvalue weighted by molar-refractivity contribution is 0.131. The number of nitrogens with one attached hydrogen (secondary N) is 2. The van der Waals surface area contributed by atoms with Crippen LogP contribution in [0.2, 0.25) is 10.0 Å². The molecule has 0 radical (unpaired) electrons. The summed E-state index contributed by atoms with van der Waals surface area (Å²) < 4.78 is 11.2. The van der Waals surface area contributed by atoms with Crippen molar-refractivity contribution in [3.05, 3.63) is 82.1 Å². The van der Waals surface area contributed by atoms with Gasteiger partial charge in [-0.25, -0.2) is 4.79 Å². The maximum absolute atomic E-state index is 12.9. The van der Waals surface area contributed by atoms with E-state index in [1.165, 1.54) is 23.5 Å². The average Bonchev–Trinajstić information content (AvgIpc) is 3.29. The maximum atomic E-state index is 12.9. The number of urea groups is 1. The smallest absolute Gasteiger partial charge is 0.319 e. The molecule has 3 atom stereocenters. The molecule has 7 nitrogen and oxygen atoms in total. The first kappa shape index (κ1) is 26.6. The average molecular weight is 556 g/mol. The second-order valence-electron chi connectivity index (χ2n) is 10.00. The number of hydrogen-bond acceptors (Lipinski definition) is 5. The summed E-state index contributed by atoms with van der Waals surface area (Å²) in [6.07, 6.45) is 6.59. The summed E-state index contributed by atoms with van der Waals surface area (Å²) in [5.74, 6) is 1.47. The van der Waals surface area contributed by atoms with Gasteiger partial charge < -0.3 is 20.1 Å². The molecule has 2 aromatic carbocycles. The Bertz CT molecular complexity index is 1270. The molecular formula is C29H32Cl2N4O3. The molecule has 0 bridgehead atoms. The molecule has 2 N–H and O–H groups in total. The number of nitrogens with zero attached hydrogens (tertiary/aromatic N) is 2. The molecule has 1 aliphatic heterocycles. The molecule has 38 heavy (non-hydrogen) atoms. The summed E-state index contributed by atoms with van der Waals surface area (Å²) in [5.41, 5.74) is 2.86. The molecule has 1 aromatic heterocycles. The number of hydrogen-bond donors (Lipinski definition) is 2. The Morgan fingerprint density at radius 3 is 2.50 bits per heavy atom. The van der Waals surface area contributed by atoms with E-state index in [0.717, 1.165) is 50.3 Å². The summed E-state index contributed by atoms with van der Waals surface area (Å²) in [6, 6.07) is 16.8. The SMILES string of the molecule is COc1ccc([C@@]23CC[C@@H](NC(=O)Nc4c(Cl)cncc4Cl)C[C@@H]2N(Cc2ccccc2)CC3)cc1OC. The van der Waals surface area contributed by atoms with E-state index in [4.69, 9.17) is 32.7 Å². The second kappa shape index (κ2) is 11.4. The van der Waals surface area contributed by atoms with E-state index < -0.39 is 0 Å². The fraction of sp³-hybridized carbons (Fsp3) is 0.379. The molecule has 9 heteroatoms. The van der Waals surface area contributed by atoms with Crippen molar-refractivity contribution in [3.63, 3.8) is 0 Å². The van der Waals surface area contributed by atoms with Crippen LogP contribution in [0.3, 0.4) is 0 Å². The Morgan fingerprint density at radius 2 is 1.79 bits per heavy atom. The molecule has 0 unspecified atom stereocenters. The number of benzene rings is 2. The zero-order valence-corrected chi connectivity index (χ0v) is 23.1. The molecule has 1 saturated heterocycles. The van der Waals surface area contributed by atoms with Crippen molar-refractivity contribution in [3.8, 4) is 11.5 Å². The second-order valence-corrected chi connectivity index (χ2v) is 10.8. The van der Waals surface area contributed by atoms with Crippen molar-refractivity contribution in [2.45, 2.75) is 49.7 Å². The van der Waals surface area contributed by atoms with Gasteiger partial charge in [0.25, 0.3) is 0 Å². The molecule has 200 valence electrons. The molecular weight excluding hydrogens is 523 g/mol. The minimum absolute atomic E-state index is 0.00373. The highest BCUT2D eigenvalue weighted by molar-refractivity contribution is 6.39. The Kier molecular flexibility index (Phi) is 7.98. The predicted molar refractivity (Wildman–Crippen MR) is 151 cm³/mol. The monoisotopic (exact) mass is 554 g/mol. The highest BCUT2D eigenvalue weighted by Gasteiger charge is 2.51. The van der Waals surface area contributed by atoms with E-state index in [9.17, 15) is 4.79 Å². The molecule has 2 amide bonds. The predicted octanol–water partition coefficient (Wildman–Crippen LogP) is 6.29. The molecule has 1 aliphatic carbocycles. The van der Waals surface area contributed by atoms with Gasteiger partial charge in [-0.05, 0) is 55.5 Å². The number of halogens is 2. The summed E-state index contributed by atoms with van der Waals surface area (Å²) in [6.45, 7) is 1.84. The lowest BCUT2D eigenvalue weighted by Crippen LogP contribution is -2.52. The maximum Gasteiger partial charge on any atom is 0.319 e. The van der Waals surface area contributed by atoms with Gasteiger partial charge in [0.05, 0.1) is 30.0 Å². The van der Waals surface area contributed by atoms with Gasteiger partial charge in [-0.1, -0.05) is 59.6 Å². The van der Waals surface area contributed by atoms with Crippen molar-refractivity contribution in [1.82, 2.24) is 15.2 Å². The first-order valence-electron chi connectivity index (χ1n) is 12.8. The summed E-state index contributed by atoms with van der Waals surface area (Å²) >= 11 is 12.4. The number of amides is 2. The van der Waals surface area contributed by atoms with Crippen molar-refractivity contribution in [2.75, 3.05) is 26.1 Å². The molecule has 5 rings (SSSR count). The normalized spacial score (nSPS) is 22.9. The first-order chi connectivity index (χ1) is 18.4. The van der Waals surface area contributed by atoms with Crippen molar-refractivity contribution < 1.29 is 14.3 Å². The topological polar surface area (TPSA) is 75.7 Å². The number of pyridine rings is 1. The van der Waals surface area contributed by atoms with Crippen LogP contribution in [0.1, 0.15) is 36.8 Å². The van der Waals surface area contributed by atoms with Crippen LogP contribution in [-0.4, -0.2) is 48.8 Å². The number of carbonyl (C=O) groups is 1. The van der Waals surface area contributed by atoms with Gasteiger partial charge in [0, 0.05) is 36.4 Å². The van der Waals surface area contributed by atoms with Crippen LogP contribution in [0.4, 0.5) is 10.5 Å². The lowest BCUT2D eigenvalue weighted by atomic mass is 9.65. The number of methoxy groups -OCH3 is 2. The first-order valence-corrected chi connectivity index (χ1v) is 13.6. The molecule has 2 aliphatic rings. The van der Waals surface area contributed by atoms with Gasteiger partial charge >= 0.3 is 6.03 Å². The highest BCUT2D eigenvalue weighted by Crippen LogP contribution is 2.50. The minimum atomic E-state index is -0.323. The fourth-order valence-electron chi connectivity index (χ4n) is 6.13. The van der Waals surface area contributed by atoms with Crippen molar-refractivity contribution in [2.24, 2.45) is 0 Å². The van der Waals surface area contributed by atoms with Gasteiger partial charge in [0.1, 0.15) is 0 Å². The van der Waals surface area contributed by atoms with Crippen molar-refractivity contribution >= 4 is 34.9 Å². The van der Waals surface area contributed by atoms with Gasteiger partial charge in [0.15, 0.2) is 11.5 Å². The number of fused-ring (bicyclic) bond motifs is 1. The summed E-state index contributed by atoms with van der Waals surface area (Å²) in [7, 11) is 3.33. The Hall–Kier alpha value is -3.00. The van der Waals surface area contributed by atoms with Gasteiger partial charge in [-0.3, -0.25) is 9.88 Å². The number of rotatable bonds is 7. The van der Waals surface area contributed by atoms with Crippen LogP contribution < -0.4 is 20.1 Å². The van der Waals surface area contributed by atoms with Crippen LogP contribution in [0.15, 0.2) is 60.9 Å². The number of carbonyl (C=O) groups excluding carboxylic acids is 1. The third-order valence-electron chi connectivity index (χ3n) is 7.98. The summed E-state index contributed by atoms with van der Waals surface area (Å²) in [4.78, 5) is 19.5. The third kappa shape index (κ3) is 5.28. The van der Waals surface area contributed by atoms with E-state index in [-0.39, 0.29) is 23.5 Å². The Balaban J connectivity index is 1.39. The van der Waals surface area contributed by atoms with E-state index in [1.54, 1.807) is 14.2 Å². The van der Waals surface area contributed by atoms with E-state index in [0.29, 0.717) is 15.7 Å². The van der Waals surface area contributed by atoms with Crippen LogP contribution in [-0.2, 0) is 12.0 Å². The van der Waals surface area contributed by atoms with E-state index in [1.807, 2.05) is 12.1 Å².